The van der Waals surface area contributed by atoms with E-state index in [1.165, 1.54) is 38.8 Å². The van der Waals surface area contributed by atoms with Gasteiger partial charge >= 0.3 is 26.2 Å². The molecule has 5 heteroatoms. The largest absolute Gasteiger partial charge is 3.00 e. The minimum absolute atomic E-state index is 0. The van der Waals surface area contributed by atoms with E-state index in [9.17, 15) is 0 Å². The van der Waals surface area contributed by atoms with E-state index in [0.29, 0.717) is 0 Å². The van der Waals surface area contributed by atoms with E-state index in [1.54, 1.807) is 10.8 Å². The van der Waals surface area contributed by atoms with Gasteiger partial charge in [-0.25, -0.2) is 0 Å². The Bertz CT molecular complexity index is 1220. The molecule has 3 aliphatic rings. The smallest absolute Gasteiger partial charge is 1.00 e. The summed E-state index contributed by atoms with van der Waals surface area (Å²) in [6.07, 6.45) is 1.83. The molecule has 1 unspecified atom stereocenters. The van der Waals surface area contributed by atoms with Gasteiger partial charge in [0.05, 0.1) is 14.3 Å². The predicted octanol–water partition coefficient (Wildman–Crippen LogP) is 1.49. The molecule has 7 rings (SSSR count). The molecule has 0 amide bonds. The van der Waals surface area contributed by atoms with Gasteiger partial charge < -0.3 is 29.2 Å². The Morgan fingerprint density at radius 2 is 1.61 bits per heavy atom. The summed E-state index contributed by atoms with van der Waals surface area (Å²) in [5.74, 6) is 1.22. The number of benzene rings is 2. The van der Waals surface area contributed by atoms with Gasteiger partial charge in [-0.15, -0.1) is 34.5 Å². The van der Waals surface area contributed by atoms with Gasteiger partial charge in [-0.05, 0) is 23.7 Å². The van der Waals surface area contributed by atoms with Gasteiger partial charge in [0.1, 0.15) is 5.76 Å². The molecule has 3 aromatic carbocycles. The maximum atomic E-state index is 5.51. The van der Waals surface area contributed by atoms with Gasteiger partial charge in [-0.1, -0.05) is 67.6 Å². The SMILES string of the molecule is CC1=C2c3occc3C1[Si]2(C)C.Cc1cc2c(-c3ccccc3)cccc2[cH-]1.[Cl-].[Cl-].[Zr+3]. The van der Waals surface area contributed by atoms with Crippen LogP contribution in [0.5, 0.6) is 0 Å². The molecule has 1 nitrogen and oxygen atoms in total. The molecule has 0 N–H and O–H groups in total. The summed E-state index contributed by atoms with van der Waals surface area (Å²) in [6, 6.07) is 23.7. The van der Waals surface area contributed by atoms with Crippen LogP contribution in [-0.2, 0) is 26.2 Å². The first kappa shape index (κ1) is 26.0. The zero-order valence-electron chi connectivity index (χ0n) is 18.2. The molecule has 157 valence electrons. The van der Waals surface area contributed by atoms with Gasteiger partial charge in [0.2, 0.25) is 0 Å². The second-order valence-electron chi connectivity index (χ2n) is 8.62. The minimum Gasteiger partial charge on any atom is -1.00 e. The van der Waals surface area contributed by atoms with Crippen molar-refractivity contribution in [1.82, 2.24) is 0 Å². The van der Waals surface area contributed by atoms with Crippen LogP contribution in [0.1, 0.15) is 29.4 Å². The first-order valence-corrected chi connectivity index (χ1v) is 13.1. The predicted molar refractivity (Wildman–Crippen MR) is 121 cm³/mol. The number of allylic oxidation sites excluding steroid dienone is 1. The third-order valence-corrected chi connectivity index (χ3v) is 10.5. The van der Waals surface area contributed by atoms with Crippen molar-refractivity contribution in [2.75, 3.05) is 0 Å². The van der Waals surface area contributed by atoms with Gasteiger partial charge in [0.25, 0.3) is 0 Å². The Balaban J connectivity index is 0.000000207. The standard InChI is InChI=1S/C16H13.C10H12OSi.2ClH.Zr/c1-12-10-14-8-5-9-15(16(14)11-12)13-6-3-2-4-7-13;1-6-9-7-4-5-11-8(7)10(6)12(9,2)3;;;/h2-11H,1H3;4-5,9H,1-3H3;2*1H;/q-1;;;;+3/p-2. The number of rotatable bonds is 1. The number of hydrogen-bond acceptors (Lipinski definition) is 1. The third kappa shape index (κ3) is 4.11. The van der Waals surface area contributed by atoms with Crippen molar-refractivity contribution in [3.8, 4) is 11.1 Å². The van der Waals surface area contributed by atoms with Crippen molar-refractivity contribution < 1.29 is 55.4 Å². The first-order valence-electron chi connectivity index (χ1n) is 9.99. The number of aryl methyl sites for hydroxylation is 1. The van der Waals surface area contributed by atoms with Crippen LogP contribution >= 0.6 is 0 Å². The van der Waals surface area contributed by atoms with Gasteiger partial charge in [-0.3, -0.25) is 0 Å². The average molecular weight is 544 g/mol. The molecule has 4 aromatic rings. The average Bonchev–Trinajstić information content (AvgIpc) is 3.38. The van der Waals surface area contributed by atoms with E-state index >= 15 is 0 Å². The minimum atomic E-state index is -1.08. The zero-order valence-corrected chi connectivity index (χ0v) is 23.1. The maximum absolute atomic E-state index is 5.51. The molecule has 1 radical (unpaired) electrons. The first-order chi connectivity index (χ1) is 13.5. The molecule has 1 atom stereocenters. The van der Waals surface area contributed by atoms with Crippen molar-refractivity contribution in [3.63, 3.8) is 0 Å². The molecule has 0 saturated heterocycles. The number of furan rings is 1. The van der Waals surface area contributed by atoms with Crippen LogP contribution in [0.2, 0.25) is 13.1 Å². The third-order valence-electron chi connectivity index (χ3n) is 6.41. The number of fused-ring (bicyclic) bond motifs is 1. The zero-order chi connectivity index (χ0) is 19.5. The van der Waals surface area contributed by atoms with Gasteiger partial charge in [0.15, 0.2) is 0 Å². The summed E-state index contributed by atoms with van der Waals surface area (Å²) in [6.45, 7) is 9.29. The second kappa shape index (κ2) is 9.71. The van der Waals surface area contributed by atoms with Crippen LogP contribution in [0, 0.1) is 6.92 Å². The molecular weight excluding hydrogens is 519 g/mol. The Hall–Kier alpha value is -1.25. The molecule has 3 heterocycles. The fourth-order valence-electron chi connectivity index (χ4n) is 5.36. The fourth-order valence-corrected chi connectivity index (χ4v) is 9.60. The molecule has 0 fully saturated rings. The van der Waals surface area contributed by atoms with Gasteiger partial charge in [0, 0.05) is 11.1 Å². The monoisotopic (exact) mass is 541 g/mol. The topological polar surface area (TPSA) is 13.1 Å². The summed E-state index contributed by atoms with van der Waals surface area (Å²) in [5, 5.41) is 4.28. The molecule has 2 bridgehead atoms. The fraction of sp³-hybridized carbons (Fsp3) is 0.192. The van der Waals surface area contributed by atoms with Crippen LogP contribution < -0.4 is 24.8 Å². The van der Waals surface area contributed by atoms with Crippen LogP contribution in [-0.4, -0.2) is 8.07 Å². The summed E-state index contributed by atoms with van der Waals surface area (Å²) in [4.78, 5) is 0. The van der Waals surface area contributed by atoms with E-state index in [4.69, 9.17) is 4.42 Å². The van der Waals surface area contributed by atoms with Crippen LogP contribution in [0.4, 0.5) is 0 Å². The van der Waals surface area contributed by atoms with Crippen molar-refractivity contribution in [1.29, 1.82) is 0 Å². The molecule has 31 heavy (non-hydrogen) atoms. The normalized spacial score (nSPS) is 16.7. The molecule has 0 spiro atoms. The van der Waals surface area contributed by atoms with Crippen LogP contribution in [0.3, 0.4) is 0 Å². The number of halogens is 2. The Morgan fingerprint density at radius 1 is 0.903 bits per heavy atom. The van der Waals surface area contributed by atoms with E-state index in [-0.39, 0.29) is 51.0 Å². The summed E-state index contributed by atoms with van der Waals surface area (Å²) < 4.78 is 5.51. The van der Waals surface area contributed by atoms with Gasteiger partial charge in [-0.2, -0.15) is 6.07 Å². The van der Waals surface area contributed by atoms with Crippen molar-refractivity contribution >= 4 is 24.0 Å². The summed E-state index contributed by atoms with van der Waals surface area (Å²) in [5.41, 5.74) is 7.78. The van der Waals surface area contributed by atoms with Crippen LogP contribution in [0.15, 0.2) is 83.0 Å². The van der Waals surface area contributed by atoms with E-state index in [0.717, 1.165) is 5.54 Å². The van der Waals surface area contributed by atoms with Crippen molar-refractivity contribution in [2.45, 2.75) is 32.5 Å². The van der Waals surface area contributed by atoms with E-state index in [1.807, 2.05) is 6.26 Å². The Morgan fingerprint density at radius 3 is 2.26 bits per heavy atom. The second-order valence-corrected chi connectivity index (χ2v) is 13.1. The maximum Gasteiger partial charge on any atom is 3.00 e. The van der Waals surface area contributed by atoms with E-state index < -0.39 is 8.07 Å². The van der Waals surface area contributed by atoms with Crippen LogP contribution in [0.25, 0.3) is 27.1 Å². The van der Waals surface area contributed by atoms with Crippen molar-refractivity contribution in [2.24, 2.45) is 0 Å². The molecule has 0 saturated carbocycles. The molecular formula is C26H25Cl2OSiZr. The van der Waals surface area contributed by atoms with E-state index in [2.05, 4.69) is 93.7 Å². The quantitative estimate of drug-likeness (QED) is 0.262. The summed E-state index contributed by atoms with van der Waals surface area (Å²) >= 11 is 0. The van der Waals surface area contributed by atoms with Crippen molar-refractivity contribution in [3.05, 3.63) is 95.5 Å². The molecule has 1 aromatic heterocycles. The molecule has 2 aliphatic heterocycles. The Labute approximate surface area is 217 Å². The number of hydrogen-bond donors (Lipinski definition) is 0. The summed E-state index contributed by atoms with van der Waals surface area (Å²) in [7, 11) is -1.08. The Kier molecular flexibility index (Phi) is 8.15. The molecule has 1 aliphatic carbocycles.